The highest BCUT2D eigenvalue weighted by atomic mass is 16.6. The van der Waals surface area contributed by atoms with Gasteiger partial charge < -0.3 is 15.2 Å². The van der Waals surface area contributed by atoms with Crippen molar-refractivity contribution in [3.63, 3.8) is 0 Å². The Morgan fingerprint density at radius 1 is 1.09 bits per heavy atom. The fraction of sp³-hybridized carbons (Fsp3) is 0.595. The van der Waals surface area contributed by atoms with Crippen molar-refractivity contribution in [1.82, 2.24) is 0 Å². The number of esters is 2. The lowest BCUT2D eigenvalue weighted by Crippen LogP contribution is -2.78. The Morgan fingerprint density at radius 2 is 1.95 bits per heavy atom. The van der Waals surface area contributed by atoms with Crippen molar-refractivity contribution in [3.8, 4) is 0 Å². The summed E-state index contributed by atoms with van der Waals surface area (Å²) in [6, 6.07) is 6.02. The molecular weight excluding hydrogens is 538 g/mol. The Balaban J connectivity index is 1.25. The van der Waals surface area contributed by atoms with Gasteiger partial charge in [0.15, 0.2) is 17.5 Å². The molecule has 43 heavy (non-hydrogen) atoms. The van der Waals surface area contributed by atoms with Crippen LogP contribution in [0.5, 0.6) is 0 Å². The highest BCUT2D eigenvalue weighted by molar-refractivity contribution is 6.02. The first-order valence-electron chi connectivity index (χ1n) is 16.8. The lowest BCUT2D eigenvalue weighted by Gasteiger charge is -2.69. The zero-order valence-corrected chi connectivity index (χ0v) is 25.2. The molecule has 3 saturated carbocycles. The minimum absolute atomic E-state index is 0.0174. The van der Waals surface area contributed by atoms with Crippen LogP contribution in [0.3, 0.4) is 0 Å². The summed E-state index contributed by atoms with van der Waals surface area (Å²) >= 11 is 0. The molecule has 2 N–H and O–H groups in total. The number of hydrogen-bond acceptors (Lipinski definition) is 6. The van der Waals surface area contributed by atoms with Crippen LogP contribution in [0.15, 0.2) is 54.7 Å². The second-order valence-electron chi connectivity index (χ2n) is 14.4. The number of benzene rings is 1. The van der Waals surface area contributed by atoms with Crippen molar-refractivity contribution < 1.29 is 23.9 Å². The number of ketones is 1. The van der Waals surface area contributed by atoms with E-state index < -0.39 is 22.5 Å². The highest BCUT2D eigenvalue weighted by Crippen LogP contribution is 2.83. The molecule has 1 aromatic rings. The number of fused-ring (bicyclic) bond motifs is 2. The minimum Gasteiger partial charge on any atom is -0.453 e. The molecule has 0 radical (unpaired) electrons. The van der Waals surface area contributed by atoms with Crippen LogP contribution in [-0.2, 0) is 31.1 Å². The normalized spacial score (nSPS) is 42.9. The van der Waals surface area contributed by atoms with Crippen molar-refractivity contribution in [2.75, 3.05) is 6.54 Å². The first kappa shape index (κ1) is 27.6. The van der Waals surface area contributed by atoms with E-state index in [0.717, 1.165) is 49.7 Å². The molecule has 5 aliphatic carbocycles. The molecule has 2 heterocycles. The van der Waals surface area contributed by atoms with Gasteiger partial charge in [0.2, 0.25) is 0 Å². The predicted molar refractivity (Wildman–Crippen MR) is 162 cm³/mol. The van der Waals surface area contributed by atoms with Gasteiger partial charge in [0.05, 0.1) is 11.0 Å². The summed E-state index contributed by atoms with van der Waals surface area (Å²) in [6.45, 7) is 2.64. The third kappa shape index (κ3) is 3.11. The number of rotatable bonds is 7. The first-order chi connectivity index (χ1) is 20.9. The van der Waals surface area contributed by atoms with Gasteiger partial charge in [-0.25, -0.2) is 4.79 Å². The molecule has 0 amide bonds. The number of ether oxygens (including phenoxy) is 2. The van der Waals surface area contributed by atoms with Crippen molar-refractivity contribution in [1.29, 1.82) is 0 Å². The minimum atomic E-state index is -1.07. The number of nitrogens with two attached hydrogens (primary N) is 1. The summed E-state index contributed by atoms with van der Waals surface area (Å²) in [5.74, 6) is 0.0170. The second kappa shape index (κ2) is 9.50. The summed E-state index contributed by atoms with van der Waals surface area (Å²) in [4.78, 5) is 43.1. The van der Waals surface area contributed by atoms with Crippen LogP contribution in [0.2, 0.25) is 0 Å². The van der Waals surface area contributed by atoms with E-state index in [0.29, 0.717) is 43.2 Å². The SMILES string of the molecule is CCC[C@@H]1[C@]23C=CCC[C@]2([C@H](C(=O)[C@H]2CC[C@H]4CC[C@H]5C=CC=C[C@@]45C2)OC3=O)[C@@]12OC(=O)c1c(CCCN)cccc12. The van der Waals surface area contributed by atoms with Crippen LogP contribution in [-0.4, -0.2) is 30.4 Å². The van der Waals surface area contributed by atoms with E-state index in [2.05, 4.69) is 37.3 Å². The van der Waals surface area contributed by atoms with E-state index in [-0.39, 0.29) is 35.0 Å². The topological polar surface area (TPSA) is 95.7 Å². The maximum Gasteiger partial charge on any atom is 0.339 e. The molecule has 6 heteroatoms. The molecule has 6 nitrogen and oxygen atoms in total. The average Bonchev–Trinajstić information content (AvgIpc) is 3.65. The summed E-state index contributed by atoms with van der Waals surface area (Å²) in [7, 11) is 0. The Bertz CT molecular complexity index is 1490. The molecule has 1 aromatic carbocycles. The van der Waals surface area contributed by atoms with Gasteiger partial charge in [0, 0.05) is 17.4 Å². The summed E-state index contributed by atoms with van der Waals surface area (Å²) in [5.41, 5.74) is 5.31. The summed E-state index contributed by atoms with van der Waals surface area (Å²) in [6.07, 6.45) is 21.6. The lowest BCUT2D eigenvalue weighted by atomic mass is 9.31. The van der Waals surface area contributed by atoms with Gasteiger partial charge in [-0.15, -0.1) is 0 Å². The number of hydrogen-bond donors (Lipinski definition) is 1. The quantitative estimate of drug-likeness (QED) is 0.308. The molecule has 2 aliphatic heterocycles. The Kier molecular flexibility index (Phi) is 6.09. The second-order valence-corrected chi connectivity index (χ2v) is 14.4. The molecule has 0 unspecified atom stereocenters. The summed E-state index contributed by atoms with van der Waals surface area (Å²) < 4.78 is 13.0. The molecule has 0 bridgehead atoms. The van der Waals surface area contributed by atoms with Crippen molar-refractivity contribution >= 4 is 17.7 Å². The van der Waals surface area contributed by atoms with Crippen molar-refractivity contribution in [2.24, 2.45) is 45.7 Å². The molecule has 9 atom stereocenters. The molecular formula is C37H43NO5. The number of carbonyl (C=O) groups is 3. The van der Waals surface area contributed by atoms with E-state index in [1.807, 2.05) is 24.3 Å². The first-order valence-corrected chi connectivity index (χ1v) is 16.8. The fourth-order valence-corrected chi connectivity index (χ4v) is 11.5. The smallest absolute Gasteiger partial charge is 0.339 e. The summed E-state index contributed by atoms with van der Waals surface area (Å²) in [5, 5.41) is 0. The maximum atomic E-state index is 15.0. The average molecular weight is 582 g/mol. The van der Waals surface area contributed by atoms with Gasteiger partial charge >= 0.3 is 11.9 Å². The van der Waals surface area contributed by atoms with Gasteiger partial charge in [-0.1, -0.05) is 68.0 Å². The molecule has 1 saturated heterocycles. The zero-order chi connectivity index (χ0) is 29.6. The van der Waals surface area contributed by atoms with E-state index >= 15 is 0 Å². The molecule has 8 rings (SSSR count). The van der Waals surface area contributed by atoms with Crippen LogP contribution in [0.25, 0.3) is 0 Å². The Morgan fingerprint density at radius 3 is 2.79 bits per heavy atom. The van der Waals surface area contributed by atoms with Crippen LogP contribution in [0, 0.1) is 39.9 Å². The maximum absolute atomic E-state index is 15.0. The molecule has 0 aromatic heterocycles. The third-order valence-corrected chi connectivity index (χ3v) is 13.0. The van der Waals surface area contributed by atoms with Crippen LogP contribution in [0.1, 0.15) is 92.6 Å². The number of carbonyl (C=O) groups excluding carboxylic acids is 3. The van der Waals surface area contributed by atoms with Crippen LogP contribution in [0.4, 0.5) is 0 Å². The van der Waals surface area contributed by atoms with Gasteiger partial charge in [-0.2, -0.15) is 0 Å². The van der Waals surface area contributed by atoms with E-state index in [1.54, 1.807) is 0 Å². The van der Waals surface area contributed by atoms with Gasteiger partial charge in [0.1, 0.15) is 5.41 Å². The largest absolute Gasteiger partial charge is 0.453 e. The number of cyclic esters (lactones) is 1. The van der Waals surface area contributed by atoms with Gasteiger partial charge in [-0.05, 0) is 93.6 Å². The number of aryl methyl sites for hydroxylation is 1. The molecule has 4 fully saturated rings. The number of allylic oxidation sites excluding steroid dienone is 5. The standard InChI is InChI=1S/C37H43NO5/c1-2-9-28-35-19-5-6-20-36(35,37(28)27-13-7-10-23(11-8-21-38)29(27)32(40)43-37)31(42-33(35)41)30(39)24-14-15-26-17-16-25-12-3-4-18-34(25,26)22-24/h3-5,7,10,12-13,18-19,24-26,28,31H,2,6,8-9,11,14-17,20-22,38H2,1H3/t24-,25+,26-,28+,31-,34-,35-,36+,37-/m0/s1. The fourth-order valence-electron chi connectivity index (χ4n) is 11.5. The van der Waals surface area contributed by atoms with Crippen molar-refractivity contribution in [3.05, 3.63) is 71.3 Å². The van der Waals surface area contributed by atoms with Gasteiger partial charge in [0.25, 0.3) is 0 Å². The Labute approximate surface area is 254 Å². The molecule has 2 spiro atoms. The zero-order valence-electron chi connectivity index (χ0n) is 25.2. The predicted octanol–water partition coefficient (Wildman–Crippen LogP) is 6.13. The monoisotopic (exact) mass is 581 g/mol. The van der Waals surface area contributed by atoms with Crippen LogP contribution >= 0.6 is 0 Å². The van der Waals surface area contributed by atoms with Crippen LogP contribution < -0.4 is 5.73 Å². The highest BCUT2D eigenvalue weighted by Gasteiger charge is 2.92. The van der Waals surface area contributed by atoms with E-state index in [9.17, 15) is 14.4 Å². The number of Topliss-reactive ketones (excluding diaryl/α,β-unsaturated/α-hetero) is 1. The van der Waals surface area contributed by atoms with Crippen molar-refractivity contribution in [2.45, 2.75) is 89.3 Å². The third-order valence-electron chi connectivity index (χ3n) is 13.0. The lowest BCUT2D eigenvalue weighted by molar-refractivity contribution is -0.292. The molecule has 226 valence electrons. The molecule has 7 aliphatic rings. The van der Waals surface area contributed by atoms with E-state index in [1.165, 1.54) is 12.8 Å². The van der Waals surface area contributed by atoms with Gasteiger partial charge in [-0.3, -0.25) is 9.59 Å². The van der Waals surface area contributed by atoms with E-state index in [4.69, 9.17) is 15.2 Å². The Hall–Kier alpha value is -2.99.